The molecule has 0 spiro atoms. The lowest BCUT2D eigenvalue weighted by molar-refractivity contribution is -0.149. The highest BCUT2D eigenvalue weighted by Gasteiger charge is 2.28. The van der Waals surface area contributed by atoms with E-state index in [1.165, 1.54) is 0 Å². The second-order valence-electron chi connectivity index (χ2n) is 4.98. The van der Waals surface area contributed by atoms with Crippen molar-refractivity contribution in [2.75, 3.05) is 19.8 Å². The molecule has 0 radical (unpaired) electrons. The van der Waals surface area contributed by atoms with Crippen molar-refractivity contribution in [2.45, 2.75) is 46.6 Å². The molecule has 4 heteroatoms. The highest BCUT2D eigenvalue weighted by atomic mass is 16.6. The molecule has 0 aromatic carbocycles. The van der Waals surface area contributed by atoms with Gasteiger partial charge in [0.1, 0.15) is 12.6 Å². The molecule has 0 aliphatic heterocycles. The van der Waals surface area contributed by atoms with Crippen molar-refractivity contribution in [1.82, 2.24) is 0 Å². The van der Waals surface area contributed by atoms with Crippen LogP contribution in [0.1, 0.15) is 40.5 Å². The Balaban J connectivity index is 3.58. The summed E-state index contributed by atoms with van der Waals surface area (Å²) in [6, 6.07) is -0.580. The largest absolute Gasteiger partial charge is 0.462 e. The molecule has 0 rings (SSSR count). The van der Waals surface area contributed by atoms with Crippen molar-refractivity contribution in [3.05, 3.63) is 0 Å². The molecule has 0 heterocycles. The number of rotatable bonds is 7. The van der Waals surface area contributed by atoms with E-state index in [9.17, 15) is 4.79 Å². The van der Waals surface area contributed by atoms with E-state index in [2.05, 4.69) is 6.92 Å². The Morgan fingerprint density at radius 2 is 1.88 bits per heavy atom. The van der Waals surface area contributed by atoms with E-state index in [1.807, 2.05) is 20.8 Å². The van der Waals surface area contributed by atoms with Crippen LogP contribution in [0.3, 0.4) is 0 Å². The summed E-state index contributed by atoms with van der Waals surface area (Å²) in [4.78, 5) is 11.5. The van der Waals surface area contributed by atoms with Gasteiger partial charge in [0.05, 0.1) is 6.61 Å². The minimum absolute atomic E-state index is 0.264. The molecule has 0 aromatic rings. The Kier molecular flexibility index (Phi) is 7.34. The van der Waals surface area contributed by atoms with Crippen molar-refractivity contribution >= 4 is 5.97 Å². The van der Waals surface area contributed by atoms with Crippen molar-refractivity contribution in [1.29, 1.82) is 0 Å². The number of hydrogen-bond acceptors (Lipinski definition) is 4. The highest BCUT2D eigenvalue weighted by molar-refractivity contribution is 5.76. The minimum Gasteiger partial charge on any atom is -0.462 e. The fourth-order valence-electron chi connectivity index (χ4n) is 0.993. The van der Waals surface area contributed by atoms with Crippen molar-refractivity contribution in [2.24, 2.45) is 11.1 Å². The summed E-state index contributed by atoms with van der Waals surface area (Å²) in [5.41, 5.74) is 5.48. The number of carbonyl (C=O) groups is 1. The number of carbonyl (C=O) groups excluding carboxylic acids is 1. The lowest BCUT2D eigenvalue weighted by Crippen LogP contribution is -2.43. The quantitative estimate of drug-likeness (QED) is 0.535. The van der Waals surface area contributed by atoms with E-state index in [0.717, 1.165) is 19.4 Å². The van der Waals surface area contributed by atoms with Gasteiger partial charge in [-0.2, -0.15) is 0 Å². The minimum atomic E-state index is -0.580. The van der Waals surface area contributed by atoms with Crippen LogP contribution in [0.2, 0.25) is 0 Å². The first-order chi connectivity index (χ1) is 7.39. The van der Waals surface area contributed by atoms with Gasteiger partial charge < -0.3 is 15.2 Å². The van der Waals surface area contributed by atoms with Crippen molar-refractivity contribution < 1.29 is 14.3 Å². The standard InChI is InChI=1S/C12H25NO3/c1-5-6-7-15-8-9-16-11(14)10(13)12(2,3)4/h10H,5-9,13H2,1-4H3/t10-/m1/s1. The van der Waals surface area contributed by atoms with E-state index >= 15 is 0 Å². The molecule has 0 amide bonds. The molecule has 0 aliphatic rings. The third kappa shape index (κ3) is 6.80. The maximum absolute atomic E-state index is 11.5. The van der Waals surface area contributed by atoms with Gasteiger partial charge >= 0.3 is 5.97 Å². The Bertz CT molecular complexity index is 199. The van der Waals surface area contributed by atoms with Crippen molar-refractivity contribution in [3.63, 3.8) is 0 Å². The van der Waals surface area contributed by atoms with Crippen LogP contribution in [0.15, 0.2) is 0 Å². The highest BCUT2D eigenvalue weighted by Crippen LogP contribution is 2.17. The van der Waals surface area contributed by atoms with E-state index in [-0.39, 0.29) is 18.0 Å². The number of esters is 1. The number of unbranched alkanes of at least 4 members (excludes halogenated alkanes) is 1. The smallest absolute Gasteiger partial charge is 0.323 e. The average molecular weight is 231 g/mol. The fourth-order valence-corrected chi connectivity index (χ4v) is 0.993. The predicted octanol–water partition coefficient (Wildman–Crippen LogP) is 1.72. The first-order valence-electron chi connectivity index (χ1n) is 5.89. The Morgan fingerprint density at radius 1 is 1.25 bits per heavy atom. The van der Waals surface area contributed by atoms with Gasteiger partial charge in [-0.05, 0) is 11.8 Å². The fraction of sp³-hybridized carbons (Fsp3) is 0.917. The van der Waals surface area contributed by atoms with Gasteiger partial charge in [0.2, 0.25) is 0 Å². The second-order valence-corrected chi connectivity index (χ2v) is 4.98. The summed E-state index contributed by atoms with van der Waals surface area (Å²) < 4.78 is 10.3. The molecule has 96 valence electrons. The first kappa shape index (κ1) is 15.4. The van der Waals surface area contributed by atoms with Crippen LogP contribution in [-0.4, -0.2) is 31.8 Å². The molecule has 0 bridgehead atoms. The third-order valence-corrected chi connectivity index (χ3v) is 2.30. The second kappa shape index (κ2) is 7.63. The predicted molar refractivity (Wildman–Crippen MR) is 64.1 cm³/mol. The van der Waals surface area contributed by atoms with Crippen LogP contribution in [0.4, 0.5) is 0 Å². The van der Waals surface area contributed by atoms with E-state index < -0.39 is 6.04 Å². The van der Waals surface area contributed by atoms with Crippen LogP contribution in [-0.2, 0) is 14.3 Å². The summed E-state index contributed by atoms with van der Waals surface area (Å²) >= 11 is 0. The molecule has 0 aromatic heterocycles. The maximum Gasteiger partial charge on any atom is 0.323 e. The lowest BCUT2D eigenvalue weighted by atomic mass is 9.87. The van der Waals surface area contributed by atoms with E-state index in [1.54, 1.807) is 0 Å². The Morgan fingerprint density at radius 3 is 2.38 bits per heavy atom. The molecule has 0 aliphatic carbocycles. The van der Waals surface area contributed by atoms with Gasteiger partial charge in [0, 0.05) is 6.61 Å². The van der Waals surface area contributed by atoms with Gasteiger partial charge in [-0.15, -0.1) is 0 Å². The van der Waals surface area contributed by atoms with Crippen LogP contribution in [0, 0.1) is 5.41 Å². The molecule has 2 N–H and O–H groups in total. The Hall–Kier alpha value is -0.610. The zero-order valence-electron chi connectivity index (χ0n) is 10.9. The number of nitrogens with two attached hydrogens (primary N) is 1. The summed E-state index contributed by atoms with van der Waals surface area (Å²) in [6.07, 6.45) is 2.14. The molecule has 0 unspecified atom stereocenters. The number of hydrogen-bond donors (Lipinski definition) is 1. The number of ether oxygens (including phenoxy) is 2. The molecule has 0 fully saturated rings. The van der Waals surface area contributed by atoms with Gasteiger partial charge in [0.25, 0.3) is 0 Å². The van der Waals surface area contributed by atoms with Gasteiger partial charge in [-0.1, -0.05) is 34.1 Å². The molecule has 1 atom stereocenters. The molecule has 0 saturated heterocycles. The van der Waals surface area contributed by atoms with Gasteiger partial charge in [0.15, 0.2) is 0 Å². The van der Waals surface area contributed by atoms with E-state index in [0.29, 0.717) is 6.61 Å². The zero-order valence-corrected chi connectivity index (χ0v) is 10.9. The topological polar surface area (TPSA) is 61.5 Å². The molecular formula is C12H25NO3. The van der Waals surface area contributed by atoms with Gasteiger partial charge in [-0.25, -0.2) is 0 Å². The summed E-state index contributed by atoms with van der Waals surface area (Å²) in [5, 5.41) is 0. The monoisotopic (exact) mass is 231 g/mol. The van der Waals surface area contributed by atoms with Crippen LogP contribution < -0.4 is 5.73 Å². The Labute approximate surface area is 98.5 Å². The molecular weight excluding hydrogens is 206 g/mol. The van der Waals surface area contributed by atoms with E-state index in [4.69, 9.17) is 15.2 Å². The summed E-state index contributed by atoms with van der Waals surface area (Å²) in [5.74, 6) is -0.355. The van der Waals surface area contributed by atoms with Gasteiger partial charge in [-0.3, -0.25) is 4.79 Å². The third-order valence-electron chi connectivity index (χ3n) is 2.30. The van der Waals surface area contributed by atoms with Crippen LogP contribution in [0.25, 0.3) is 0 Å². The first-order valence-corrected chi connectivity index (χ1v) is 5.89. The normalized spacial score (nSPS) is 13.6. The summed E-state index contributed by atoms with van der Waals surface area (Å²) in [7, 11) is 0. The SMILES string of the molecule is CCCCOCCOC(=O)[C@@H](N)C(C)(C)C. The molecule has 4 nitrogen and oxygen atoms in total. The molecule has 0 saturated carbocycles. The zero-order chi connectivity index (χ0) is 12.6. The van der Waals surface area contributed by atoms with Crippen LogP contribution in [0.5, 0.6) is 0 Å². The van der Waals surface area contributed by atoms with Crippen LogP contribution >= 0.6 is 0 Å². The summed E-state index contributed by atoms with van der Waals surface area (Å²) in [6.45, 7) is 9.30. The van der Waals surface area contributed by atoms with Crippen molar-refractivity contribution in [3.8, 4) is 0 Å². The molecule has 16 heavy (non-hydrogen) atoms. The maximum atomic E-state index is 11.5. The average Bonchev–Trinajstić information content (AvgIpc) is 2.20. The lowest BCUT2D eigenvalue weighted by Gasteiger charge is -2.24.